The van der Waals surface area contributed by atoms with Crippen LogP contribution in [0.4, 0.5) is 0 Å². The lowest BCUT2D eigenvalue weighted by Crippen LogP contribution is -2.27. The minimum absolute atomic E-state index is 0.0242. The molecular weight excluding hydrogens is 459 g/mol. The quantitative estimate of drug-likeness (QED) is 0.504. The van der Waals surface area contributed by atoms with Gasteiger partial charge in [-0.2, -0.15) is 0 Å². The summed E-state index contributed by atoms with van der Waals surface area (Å²) >= 11 is 12.4. The molecule has 0 radical (unpaired) electrons. The van der Waals surface area contributed by atoms with Crippen LogP contribution in [0.2, 0.25) is 10.0 Å². The summed E-state index contributed by atoms with van der Waals surface area (Å²) in [5.74, 6) is 1.45. The molecule has 0 saturated carbocycles. The molecule has 0 aliphatic rings. The Morgan fingerprint density at radius 3 is 1.28 bits per heavy atom. The maximum absolute atomic E-state index is 12.2. The van der Waals surface area contributed by atoms with Crippen molar-refractivity contribution in [2.75, 3.05) is 28.4 Å². The molecule has 0 atom stereocenters. The van der Waals surface area contributed by atoms with Crippen molar-refractivity contribution >= 4 is 35.0 Å². The van der Waals surface area contributed by atoms with E-state index in [1.165, 1.54) is 28.4 Å². The predicted molar refractivity (Wildman–Crippen MR) is 122 cm³/mol. The summed E-state index contributed by atoms with van der Waals surface area (Å²) in [6.07, 6.45) is 0.0484. The normalized spacial score (nSPS) is 10.3. The van der Waals surface area contributed by atoms with Gasteiger partial charge in [0.1, 0.15) is 0 Å². The summed E-state index contributed by atoms with van der Waals surface area (Å²) in [7, 11) is 6.06. The monoisotopic (exact) mass is 484 g/mol. The lowest BCUT2D eigenvalue weighted by Gasteiger charge is -2.13. The summed E-state index contributed by atoms with van der Waals surface area (Å²) < 4.78 is 20.9. The highest BCUT2D eigenvalue weighted by molar-refractivity contribution is 6.32. The number of carbonyl (C=O) groups is 2. The molecule has 2 N–H and O–H groups in total. The van der Waals surface area contributed by atoms with Crippen LogP contribution in [-0.2, 0) is 22.7 Å². The van der Waals surface area contributed by atoms with E-state index in [2.05, 4.69) is 10.6 Å². The van der Waals surface area contributed by atoms with Gasteiger partial charge in [-0.05, 0) is 23.3 Å². The smallest absolute Gasteiger partial charge is 0.220 e. The Balaban J connectivity index is 1.83. The van der Waals surface area contributed by atoms with E-state index in [0.29, 0.717) is 44.2 Å². The van der Waals surface area contributed by atoms with E-state index >= 15 is 0 Å². The Morgan fingerprint density at radius 2 is 0.969 bits per heavy atom. The molecule has 8 nitrogen and oxygen atoms in total. The van der Waals surface area contributed by atoms with E-state index in [-0.39, 0.29) is 37.7 Å². The van der Waals surface area contributed by atoms with Crippen LogP contribution < -0.4 is 29.6 Å². The zero-order valence-corrected chi connectivity index (χ0v) is 19.9. The molecule has 2 aromatic rings. The number of methoxy groups -OCH3 is 4. The van der Waals surface area contributed by atoms with Gasteiger partial charge in [-0.15, -0.1) is 0 Å². The molecule has 2 rings (SSSR count). The number of halogens is 2. The fraction of sp³-hybridized carbons (Fsp3) is 0.364. The number of nitrogens with one attached hydrogen (secondary N) is 2. The largest absolute Gasteiger partial charge is 0.493 e. The molecule has 2 amide bonds. The van der Waals surface area contributed by atoms with Crippen LogP contribution in [0, 0.1) is 0 Å². The average Bonchev–Trinajstić information content (AvgIpc) is 2.80. The van der Waals surface area contributed by atoms with Crippen LogP contribution >= 0.6 is 23.2 Å². The minimum Gasteiger partial charge on any atom is -0.493 e. The number of carbonyl (C=O) groups excluding carboxylic acids is 2. The lowest BCUT2D eigenvalue weighted by molar-refractivity contribution is -0.126. The maximum atomic E-state index is 12.2. The summed E-state index contributed by atoms with van der Waals surface area (Å²) in [5, 5.41) is 6.36. The molecule has 0 aliphatic carbocycles. The first kappa shape index (κ1) is 25.4. The Kier molecular flexibility index (Phi) is 9.74. The molecule has 0 unspecified atom stereocenters. The average molecular weight is 485 g/mol. The Bertz CT molecular complexity index is 890. The molecule has 174 valence electrons. The van der Waals surface area contributed by atoms with Gasteiger partial charge in [0.25, 0.3) is 0 Å². The van der Waals surface area contributed by atoms with Crippen molar-refractivity contribution in [2.45, 2.75) is 25.9 Å². The van der Waals surface area contributed by atoms with Crippen molar-refractivity contribution in [3.05, 3.63) is 45.4 Å². The fourth-order valence-electron chi connectivity index (χ4n) is 2.85. The second-order valence-electron chi connectivity index (χ2n) is 6.65. The maximum Gasteiger partial charge on any atom is 0.220 e. The first-order chi connectivity index (χ1) is 15.3. The van der Waals surface area contributed by atoms with Gasteiger partial charge in [0.2, 0.25) is 11.8 Å². The molecule has 32 heavy (non-hydrogen) atoms. The first-order valence-electron chi connectivity index (χ1n) is 9.67. The highest BCUT2D eigenvalue weighted by Gasteiger charge is 2.13. The van der Waals surface area contributed by atoms with E-state index in [1.807, 2.05) is 0 Å². The zero-order chi connectivity index (χ0) is 23.7. The van der Waals surface area contributed by atoms with Crippen LogP contribution in [0.5, 0.6) is 23.0 Å². The van der Waals surface area contributed by atoms with Crippen molar-refractivity contribution in [3.63, 3.8) is 0 Å². The molecule has 0 bridgehead atoms. The number of hydrogen-bond donors (Lipinski definition) is 2. The van der Waals surface area contributed by atoms with Crippen molar-refractivity contribution < 1.29 is 28.5 Å². The van der Waals surface area contributed by atoms with E-state index in [9.17, 15) is 9.59 Å². The number of rotatable bonds is 11. The third-order valence-electron chi connectivity index (χ3n) is 4.64. The van der Waals surface area contributed by atoms with Crippen LogP contribution in [0.25, 0.3) is 0 Å². The molecule has 0 spiro atoms. The molecule has 2 aromatic carbocycles. The van der Waals surface area contributed by atoms with E-state index in [1.54, 1.807) is 24.3 Å². The summed E-state index contributed by atoms with van der Waals surface area (Å²) in [6, 6.07) is 6.63. The van der Waals surface area contributed by atoms with E-state index < -0.39 is 0 Å². The van der Waals surface area contributed by atoms with E-state index in [4.69, 9.17) is 42.1 Å². The van der Waals surface area contributed by atoms with Crippen LogP contribution in [0.1, 0.15) is 24.0 Å². The van der Waals surface area contributed by atoms with Crippen LogP contribution in [-0.4, -0.2) is 40.3 Å². The van der Waals surface area contributed by atoms with E-state index in [0.717, 1.165) is 0 Å². The second-order valence-corrected chi connectivity index (χ2v) is 7.47. The third-order valence-corrected chi connectivity index (χ3v) is 5.34. The van der Waals surface area contributed by atoms with Crippen molar-refractivity contribution in [3.8, 4) is 23.0 Å². The van der Waals surface area contributed by atoms with Crippen molar-refractivity contribution in [1.29, 1.82) is 0 Å². The molecule has 0 aliphatic heterocycles. The fourth-order valence-corrected chi connectivity index (χ4v) is 3.30. The molecular formula is C22H26Cl2N2O6. The van der Waals surface area contributed by atoms with Crippen LogP contribution in [0.3, 0.4) is 0 Å². The number of ether oxygens (including phenoxy) is 4. The number of hydrogen-bond acceptors (Lipinski definition) is 6. The minimum atomic E-state index is -0.282. The van der Waals surface area contributed by atoms with Gasteiger partial charge in [-0.1, -0.05) is 23.2 Å². The Hall–Kier alpha value is -2.84. The standard InChI is InChI=1S/C22H26Cl2N2O6/c1-29-17-7-13(15(23)9-19(17)31-3)11-25-21(27)5-6-22(28)26-12-14-8-18(30-2)20(32-4)10-16(14)24/h7-10H,5-6,11-12H2,1-4H3,(H,25,27)(H,26,28). The molecule has 0 saturated heterocycles. The third kappa shape index (κ3) is 6.83. The van der Waals surface area contributed by atoms with Gasteiger partial charge >= 0.3 is 0 Å². The van der Waals surface area contributed by atoms with Gasteiger partial charge in [0.05, 0.1) is 28.4 Å². The molecule has 0 heterocycles. The van der Waals surface area contributed by atoms with Gasteiger partial charge in [-0.25, -0.2) is 0 Å². The summed E-state index contributed by atoms with van der Waals surface area (Å²) in [4.78, 5) is 24.3. The Labute approximate surface area is 197 Å². The second kappa shape index (κ2) is 12.3. The number of benzene rings is 2. The van der Waals surface area contributed by atoms with Crippen molar-refractivity contribution in [2.24, 2.45) is 0 Å². The molecule has 0 aromatic heterocycles. The SMILES string of the molecule is COc1cc(Cl)c(CNC(=O)CCC(=O)NCc2cc(OC)c(OC)cc2Cl)cc1OC. The first-order valence-corrected chi connectivity index (χ1v) is 10.4. The summed E-state index contributed by atoms with van der Waals surface area (Å²) in [6.45, 7) is 0.391. The topological polar surface area (TPSA) is 95.1 Å². The van der Waals surface area contributed by atoms with Gasteiger partial charge < -0.3 is 29.6 Å². The van der Waals surface area contributed by atoms with Gasteiger partial charge in [0, 0.05) is 48.1 Å². The van der Waals surface area contributed by atoms with Gasteiger partial charge in [-0.3, -0.25) is 9.59 Å². The molecule has 0 fully saturated rings. The summed E-state index contributed by atoms with van der Waals surface area (Å²) in [5.41, 5.74) is 1.34. The Morgan fingerprint density at radius 1 is 0.656 bits per heavy atom. The highest BCUT2D eigenvalue weighted by Crippen LogP contribution is 2.34. The number of amides is 2. The highest BCUT2D eigenvalue weighted by atomic mass is 35.5. The van der Waals surface area contributed by atoms with Crippen LogP contribution in [0.15, 0.2) is 24.3 Å². The lowest BCUT2D eigenvalue weighted by atomic mass is 10.1. The van der Waals surface area contributed by atoms with Crippen molar-refractivity contribution in [1.82, 2.24) is 10.6 Å². The predicted octanol–water partition coefficient (Wildman–Crippen LogP) is 3.74. The van der Waals surface area contributed by atoms with Gasteiger partial charge in [0.15, 0.2) is 23.0 Å². The zero-order valence-electron chi connectivity index (χ0n) is 18.3. The molecule has 10 heteroatoms.